The predicted molar refractivity (Wildman–Crippen MR) is 53.1 cm³/mol. The third kappa shape index (κ3) is 1.64. The van der Waals surface area contributed by atoms with Crippen LogP contribution in [0.5, 0.6) is 0 Å². The van der Waals surface area contributed by atoms with Crippen LogP contribution in [-0.4, -0.2) is 61.1 Å². The molecule has 80 valence electrons. The maximum atomic E-state index is 12.0. The fourth-order valence-electron chi connectivity index (χ4n) is 1.92. The Morgan fingerprint density at radius 2 is 1.86 bits per heavy atom. The van der Waals surface area contributed by atoms with Crippen molar-refractivity contribution >= 4 is 5.91 Å². The van der Waals surface area contributed by atoms with Crippen molar-refractivity contribution in [3.8, 4) is 0 Å². The Hall–Kier alpha value is -0.610. The van der Waals surface area contributed by atoms with E-state index in [4.69, 9.17) is 4.74 Å². The molecule has 0 spiro atoms. The highest BCUT2D eigenvalue weighted by Gasteiger charge is 2.43. The van der Waals surface area contributed by atoms with Gasteiger partial charge >= 0.3 is 0 Å². The first-order valence-electron chi connectivity index (χ1n) is 5.24. The zero-order chi connectivity index (χ0) is 10.2. The van der Waals surface area contributed by atoms with Gasteiger partial charge in [-0.25, -0.2) is 0 Å². The van der Waals surface area contributed by atoms with Crippen molar-refractivity contribution in [1.82, 2.24) is 9.80 Å². The highest BCUT2D eigenvalue weighted by atomic mass is 16.5. The van der Waals surface area contributed by atoms with Crippen LogP contribution in [0.25, 0.3) is 0 Å². The molecule has 0 N–H and O–H groups in total. The van der Waals surface area contributed by atoms with Gasteiger partial charge in [0.1, 0.15) is 5.60 Å². The number of carbonyl (C=O) groups excluding carboxylic acids is 1. The Labute approximate surface area is 84.8 Å². The first kappa shape index (κ1) is 9.93. The summed E-state index contributed by atoms with van der Waals surface area (Å²) in [6.45, 7) is 6.26. The molecule has 0 aromatic heterocycles. The van der Waals surface area contributed by atoms with E-state index in [9.17, 15) is 4.79 Å². The topological polar surface area (TPSA) is 32.8 Å². The average Bonchev–Trinajstić information content (AvgIpc) is 2.14. The molecule has 2 saturated heterocycles. The van der Waals surface area contributed by atoms with Crippen LogP contribution in [-0.2, 0) is 9.53 Å². The van der Waals surface area contributed by atoms with Crippen LogP contribution in [0.15, 0.2) is 0 Å². The molecule has 0 radical (unpaired) electrons. The van der Waals surface area contributed by atoms with Gasteiger partial charge in [0, 0.05) is 32.6 Å². The minimum atomic E-state index is -0.504. The van der Waals surface area contributed by atoms with Crippen LogP contribution in [0.1, 0.15) is 13.3 Å². The van der Waals surface area contributed by atoms with Gasteiger partial charge in [-0.2, -0.15) is 0 Å². The Kier molecular flexibility index (Phi) is 2.49. The predicted octanol–water partition coefficient (Wildman–Crippen LogP) is -0.0606. The van der Waals surface area contributed by atoms with Crippen molar-refractivity contribution in [1.29, 1.82) is 0 Å². The molecule has 2 heterocycles. The van der Waals surface area contributed by atoms with Gasteiger partial charge in [0.15, 0.2) is 0 Å². The molecule has 1 atom stereocenters. The van der Waals surface area contributed by atoms with Gasteiger partial charge in [0.25, 0.3) is 5.91 Å². The van der Waals surface area contributed by atoms with Crippen LogP contribution >= 0.6 is 0 Å². The monoisotopic (exact) mass is 198 g/mol. The second-order valence-electron chi connectivity index (χ2n) is 4.42. The SMILES string of the molecule is CN1CCN(C(=O)[C@@]2(C)CCO2)CC1. The van der Waals surface area contributed by atoms with E-state index in [0.717, 1.165) is 39.2 Å². The number of ether oxygens (including phenoxy) is 1. The van der Waals surface area contributed by atoms with Crippen molar-refractivity contribution in [3.63, 3.8) is 0 Å². The van der Waals surface area contributed by atoms with E-state index in [1.165, 1.54) is 0 Å². The molecule has 4 nitrogen and oxygen atoms in total. The number of amides is 1. The molecule has 14 heavy (non-hydrogen) atoms. The van der Waals surface area contributed by atoms with Crippen molar-refractivity contribution in [2.75, 3.05) is 39.8 Å². The van der Waals surface area contributed by atoms with Crippen molar-refractivity contribution in [3.05, 3.63) is 0 Å². The zero-order valence-electron chi connectivity index (χ0n) is 8.95. The quantitative estimate of drug-likeness (QED) is 0.592. The van der Waals surface area contributed by atoms with Crippen LogP contribution in [0.2, 0.25) is 0 Å². The largest absolute Gasteiger partial charge is 0.365 e. The minimum absolute atomic E-state index is 0.178. The second kappa shape index (κ2) is 3.51. The number of likely N-dealkylation sites (N-methyl/N-ethyl adjacent to an activating group) is 1. The van der Waals surface area contributed by atoms with Crippen LogP contribution in [0.4, 0.5) is 0 Å². The summed E-state index contributed by atoms with van der Waals surface area (Å²) in [6, 6.07) is 0. The van der Waals surface area contributed by atoms with Crippen molar-refractivity contribution < 1.29 is 9.53 Å². The summed E-state index contributed by atoms with van der Waals surface area (Å²) in [5.74, 6) is 0.178. The summed E-state index contributed by atoms with van der Waals surface area (Å²) < 4.78 is 5.36. The average molecular weight is 198 g/mol. The Bertz CT molecular complexity index is 230. The second-order valence-corrected chi connectivity index (χ2v) is 4.42. The van der Waals surface area contributed by atoms with Gasteiger partial charge < -0.3 is 14.5 Å². The molecule has 0 saturated carbocycles. The van der Waals surface area contributed by atoms with Gasteiger partial charge in [0.2, 0.25) is 0 Å². The van der Waals surface area contributed by atoms with Gasteiger partial charge in [-0.1, -0.05) is 0 Å². The molecular formula is C10H18N2O2. The van der Waals surface area contributed by atoms with E-state index in [0.29, 0.717) is 0 Å². The number of nitrogens with zero attached hydrogens (tertiary/aromatic N) is 2. The molecule has 0 aromatic rings. The fourth-order valence-corrected chi connectivity index (χ4v) is 1.92. The third-order valence-corrected chi connectivity index (χ3v) is 3.24. The number of piperazine rings is 1. The highest BCUT2D eigenvalue weighted by molar-refractivity contribution is 5.85. The zero-order valence-corrected chi connectivity index (χ0v) is 8.95. The van der Waals surface area contributed by atoms with Gasteiger partial charge in [0.05, 0.1) is 6.61 Å². The Morgan fingerprint density at radius 3 is 2.29 bits per heavy atom. The number of hydrogen-bond acceptors (Lipinski definition) is 3. The maximum absolute atomic E-state index is 12.0. The molecule has 2 aliphatic heterocycles. The number of carbonyl (C=O) groups is 1. The summed E-state index contributed by atoms with van der Waals surface area (Å²) in [5, 5.41) is 0. The normalized spacial score (nSPS) is 34.0. The van der Waals surface area contributed by atoms with Crippen LogP contribution in [0.3, 0.4) is 0 Å². The molecule has 1 amide bonds. The smallest absolute Gasteiger partial charge is 0.254 e. The lowest BCUT2D eigenvalue weighted by molar-refractivity contribution is -0.183. The fraction of sp³-hybridized carbons (Fsp3) is 0.900. The van der Waals surface area contributed by atoms with Crippen LogP contribution < -0.4 is 0 Å². The lowest BCUT2D eigenvalue weighted by atomic mass is 9.95. The Morgan fingerprint density at radius 1 is 1.29 bits per heavy atom. The maximum Gasteiger partial charge on any atom is 0.254 e. The van der Waals surface area contributed by atoms with Gasteiger partial charge in [-0.3, -0.25) is 4.79 Å². The molecule has 4 heteroatoms. The van der Waals surface area contributed by atoms with E-state index in [1.54, 1.807) is 0 Å². The number of rotatable bonds is 1. The summed E-state index contributed by atoms with van der Waals surface area (Å²) >= 11 is 0. The van der Waals surface area contributed by atoms with Crippen molar-refractivity contribution in [2.24, 2.45) is 0 Å². The first-order chi connectivity index (χ1) is 6.62. The Balaban J connectivity index is 1.92. The molecule has 0 bridgehead atoms. The van der Waals surface area contributed by atoms with E-state index in [2.05, 4.69) is 11.9 Å². The summed E-state index contributed by atoms with van der Waals surface area (Å²) in [7, 11) is 2.09. The standard InChI is InChI=1S/C10H18N2O2/c1-10(3-8-14-10)9(13)12-6-4-11(2)5-7-12/h3-8H2,1-2H3/t10-/m1/s1. The van der Waals surface area contributed by atoms with E-state index in [-0.39, 0.29) is 5.91 Å². The highest BCUT2D eigenvalue weighted by Crippen LogP contribution is 2.28. The van der Waals surface area contributed by atoms with Gasteiger partial charge in [-0.15, -0.1) is 0 Å². The molecule has 0 aliphatic carbocycles. The van der Waals surface area contributed by atoms with Crippen LogP contribution in [0, 0.1) is 0 Å². The third-order valence-electron chi connectivity index (χ3n) is 3.24. The van der Waals surface area contributed by atoms with E-state index < -0.39 is 5.60 Å². The first-order valence-corrected chi connectivity index (χ1v) is 5.24. The summed E-state index contributed by atoms with van der Waals surface area (Å²) in [4.78, 5) is 16.2. The molecular weight excluding hydrogens is 180 g/mol. The van der Waals surface area contributed by atoms with Gasteiger partial charge in [-0.05, 0) is 14.0 Å². The lowest BCUT2D eigenvalue weighted by Crippen LogP contribution is -2.58. The molecule has 2 aliphatic rings. The van der Waals surface area contributed by atoms with Crippen molar-refractivity contribution in [2.45, 2.75) is 18.9 Å². The van der Waals surface area contributed by atoms with E-state index in [1.807, 2.05) is 11.8 Å². The molecule has 2 fully saturated rings. The lowest BCUT2D eigenvalue weighted by Gasteiger charge is -2.42. The molecule has 2 rings (SSSR count). The summed E-state index contributed by atoms with van der Waals surface area (Å²) in [6.07, 6.45) is 0.873. The minimum Gasteiger partial charge on any atom is -0.365 e. The molecule has 0 aromatic carbocycles. The van der Waals surface area contributed by atoms with E-state index >= 15 is 0 Å². The summed E-state index contributed by atoms with van der Waals surface area (Å²) in [5.41, 5.74) is -0.504. The molecule has 0 unspecified atom stereocenters. The number of hydrogen-bond donors (Lipinski definition) is 0.